The number of hydrogen-bond acceptors (Lipinski definition) is 4. The maximum absolute atomic E-state index is 10.7. The van der Waals surface area contributed by atoms with E-state index in [1.165, 1.54) is 0 Å². The standard InChI is InChI=1S/C28H32N2O2/c1-27(2,3)21-13-9-11-19(25(21)31)17-29-23-15-7-8-16-24(23)30-18-20-12-10-14-22(26(20)32)28(4,5)6/h7-18,31-32H,1-6H3. The van der Waals surface area contributed by atoms with Crippen LogP contribution in [0.4, 0.5) is 11.4 Å². The lowest BCUT2D eigenvalue weighted by molar-refractivity contribution is 0.445. The molecule has 0 unspecified atom stereocenters. The summed E-state index contributed by atoms with van der Waals surface area (Å²) in [7, 11) is 0. The molecule has 0 amide bonds. The topological polar surface area (TPSA) is 65.2 Å². The monoisotopic (exact) mass is 428 g/mol. The van der Waals surface area contributed by atoms with E-state index in [-0.39, 0.29) is 22.3 Å². The molecular formula is C28H32N2O2. The second-order valence-corrected chi connectivity index (χ2v) is 9.99. The van der Waals surface area contributed by atoms with Crippen LogP contribution >= 0.6 is 0 Å². The lowest BCUT2D eigenvalue weighted by Gasteiger charge is -2.21. The summed E-state index contributed by atoms with van der Waals surface area (Å²) in [6, 6.07) is 19.0. The van der Waals surface area contributed by atoms with E-state index in [0.29, 0.717) is 22.5 Å². The van der Waals surface area contributed by atoms with Gasteiger partial charge in [0.2, 0.25) is 0 Å². The van der Waals surface area contributed by atoms with Crippen LogP contribution < -0.4 is 0 Å². The molecule has 0 saturated heterocycles. The van der Waals surface area contributed by atoms with E-state index in [4.69, 9.17) is 0 Å². The van der Waals surface area contributed by atoms with Crippen LogP contribution in [0, 0.1) is 0 Å². The summed E-state index contributed by atoms with van der Waals surface area (Å²) in [5.41, 5.74) is 4.09. The highest BCUT2D eigenvalue weighted by Gasteiger charge is 2.20. The summed E-state index contributed by atoms with van der Waals surface area (Å²) in [6.45, 7) is 12.4. The van der Waals surface area contributed by atoms with Crippen LogP contribution in [-0.2, 0) is 10.8 Å². The Morgan fingerprint density at radius 1 is 0.562 bits per heavy atom. The maximum atomic E-state index is 10.7. The van der Waals surface area contributed by atoms with Crippen molar-refractivity contribution in [3.63, 3.8) is 0 Å². The van der Waals surface area contributed by atoms with Gasteiger partial charge in [0.15, 0.2) is 0 Å². The predicted molar refractivity (Wildman–Crippen MR) is 135 cm³/mol. The van der Waals surface area contributed by atoms with Crippen molar-refractivity contribution < 1.29 is 10.2 Å². The average molecular weight is 429 g/mol. The molecule has 3 aromatic rings. The van der Waals surface area contributed by atoms with E-state index < -0.39 is 0 Å². The Labute approximate surface area is 191 Å². The zero-order chi connectivity index (χ0) is 23.5. The zero-order valence-electron chi connectivity index (χ0n) is 19.7. The van der Waals surface area contributed by atoms with Crippen LogP contribution in [0.15, 0.2) is 70.6 Å². The predicted octanol–water partition coefficient (Wildman–Crippen LogP) is 7.19. The second kappa shape index (κ2) is 8.99. The molecule has 0 aromatic heterocycles. The number of hydrogen-bond donors (Lipinski definition) is 2. The van der Waals surface area contributed by atoms with Gasteiger partial charge in [0, 0.05) is 23.6 Å². The van der Waals surface area contributed by atoms with Gasteiger partial charge in [0.25, 0.3) is 0 Å². The molecule has 3 aromatic carbocycles. The molecule has 2 N–H and O–H groups in total. The first-order valence-corrected chi connectivity index (χ1v) is 10.8. The molecule has 0 bridgehead atoms. The van der Waals surface area contributed by atoms with Crippen LogP contribution in [0.5, 0.6) is 11.5 Å². The van der Waals surface area contributed by atoms with E-state index in [1.807, 2.05) is 60.7 Å². The van der Waals surface area contributed by atoms with Gasteiger partial charge in [0.1, 0.15) is 11.5 Å². The lowest BCUT2D eigenvalue weighted by atomic mass is 9.85. The number of para-hydroxylation sites is 4. The van der Waals surface area contributed by atoms with Gasteiger partial charge in [-0.15, -0.1) is 0 Å². The van der Waals surface area contributed by atoms with Gasteiger partial charge in [-0.1, -0.05) is 77.9 Å². The number of rotatable bonds is 4. The molecule has 0 saturated carbocycles. The Hall–Kier alpha value is -3.40. The van der Waals surface area contributed by atoms with Crippen molar-refractivity contribution in [2.75, 3.05) is 0 Å². The first-order valence-electron chi connectivity index (χ1n) is 10.8. The maximum Gasteiger partial charge on any atom is 0.128 e. The highest BCUT2D eigenvalue weighted by molar-refractivity contribution is 5.90. The first-order chi connectivity index (χ1) is 15.0. The Morgan fingerprint density at radius 2 is 0.938 bits per heavy atom. The van der Waals surface area contributed by atoms with E-state index in [9.17, 15) is 10.2 Å². The molecule has 0 aliphatic rings. The van der Waals surface area contributed by atoms with Gasteiger partial charge in [-0.25, -0.2) is 0 Å². The van der Waals surface area contributed by atoms with Crippen molar-refractivity contribution in [1.29, 1.82) is 0 Å². The molecular weight excluding hydrogens is 396 g/mol. The number of aliphatic imine (C=N–C) groups is 2. The molecule has 32 heavy (non-hydrogen) atoms. The molecule has 0 atom stereocenters. The van der Waals surface area contributed by atoms with E-state index >= 15 is 0 Å². The van der Waals surface area contributed by atoms with Crippen molar-refractivity contribution in [3.8, 4) is 11.5 Å². The van der Waals surface area contributed by atoms with E-state index in [0.717, 1.165) is 11.1 Å². The minimum Gasteiger partial charge on any atom is -0.507 e. The minimum atomic E-state index is -0.167. The van der Waals surface area contributed by atoms with Crippen molar-refractivity contribution in [3.05, 3.63) is 82.9 Å². The van der Waals surface area contributed by atoms with Gasteiger partial charge in [0.05, 0.1) is 11.4 Å². The van der Waals surface area contributed by atoms with Crippen molar-refractivity contribution in [2.45, 2.75) is 52.4 Å². The molecule has 0 fully saturated rings. The van der Waals surface area contributed by atoms with Gasteiger partial charge in [-0.3, -0.25) is 9.98 Å². The highest BCUT2D eigenvalue weighted by Crippen LogP contribution is 2.35. The Bertz CT molecular complexity index is 1070. The van der Waals surface area contributed by atoms with Gasteiger partial charge < -0.3 is 10.2 Å². The number of benzene rings is 3. The Morgan fingerprint density at radius 3 is 1.28 bits per heavy atom. The highest BCUT2D eigenvalue weighted by atomic mass is 16.3. The molecule has 166 valence electrons. The van der Waals surface area contributed by atoms with Crippen LogP contribution in [0.2, 0.25) is 0 Å². The number of aromatic hydroxyl groups is 2. The van der Waals surface area contributed by atoms with Crippen LogP contribution in [0.25, 0.3) is 0 Å². The third-order valence-electron chi connectivity index (χ3n) is 5.32. The summed E-state index contributed by atoms with van der Waals surface area (Å²) in [4.78, 5) is 9.18. The fourth-order valence-electron chi connectivity index (χ4n) is 3.50. The number of phenols is 2. The van der Waals surface area contributed by atoms with Crippen molar-refractivity contribution in [1.82, 2.24) is 0 Å². The van der Waals surface area contributed by atoms with Crippen LogP contribution in [0.3, 0.4) is 0 Å². The summed E-state index contributed by atoms with van der Waals surface area (Å²) in [5.74, 6) is 0.488. The Balaban J connectivity index is 1.94. The first kappa shape index (κ1) is 23.3. The normalized spacial score (nSPS) is 12.7. The number of phenolic OH excluding ortho intramolecular Hbond substituents is 2. The second-order valence-electron chi connectivity index (χ2n) is 9.99. The van der Waals surface area contributed by atoms with Crippen LogP contribution in [-0.4, -0.2) is 22.6 Å². The van der Waals surface area contributed by atoms with E-state index in [2.05, 4.69) is 51.5 Å². The smallest absolute Gasteiger partial charge is 0.128 e. The SMILES string of the molecule is CC(C)(C)c1cccc(C=Nc2ccccc2N=Cc2cccc(C(C)(C)C)c2O)c1O. The Kier molecular flexibility index (Phi) is 6.54. The van der Waals surface area contributed by atoms with E-state index in [1.54, 1.807) is 12.4 Å². The molecule has 4 nitrogen and oxygen atoms in total. The molecule has 0 aliphatic heterocycles. The average Bonchev–Trinajstić information content (AvgIpc) is 2.71. The van der Waals surface area contributed by atoms with Crippen LogP contribution in [0.1, 0.15) is 63.8 Å². The molecule has 0 aliphatic carbocycles. The third kappa shape index (κ3) is 5.25. The van der Waals surface area contributed by atoms with Gasteiger partial charge >= 0.3 is 0 Å². The summed E-state index contributed by atoms with van der Waals surface area (Å²) < 4.78 is 0. The van der Waals surface area contributed by atoms with Gasteiger partial charge in [-0.2, -0.15) is 0 Å². The summed E-state index contributed by atoms with van der Waals surface area (Å²) in [6.07, 6.45) is 3.33. The van der Waals surface area contributed by atoms with Gasteiger partial charge in [-0.05, 0) is 46.2 Å². The molecule has 0 heterocycles. The summed E-state index contributed by atoms with van der Waals surface area (Å²) >= 11 is 0. The molecule has 4 heteroatoms. The molecule has 0 spiro atoms. The largest absolute Gasteiger partial charge is 0.507 e. The minimum absolute atomic E-state index is 0.167. The lowest BCUT2D eigenvalue weighted by Crippen LogP contribution is -2.11. The molecule has 0 radical (unpaired) electrons. The zero-order valence-corrected chi connectivity index (χ0v) is 19.7. The third-order valence-corrected chi connectivity index (χ3v) is 5.32. The quantitative estimate of drug-likeness (QED) is 0.432. The fraction of sp³-hybridized carbons (Fsp3) is 0.286. The fourth-order valence-corrected chi connectivity index (χ4v) is 3.50. The molecule has 3 rings (SSSR count). The number of nitrogens with zero attached hydrogens (tertiary/aromatic N) is 2. The van der Waals surface area contributed by atoms with Crippen molar-refractivity contribution >= 4 is 23.8 Å². The van der Waals surface area contributed by atoms with Crippen molar-refractivity contribution in [2.24, 2.45) is 9.98 Å². The summed E-state index contributed by atoms with van der Waals surface area (Å²) in [5, 5.41) is 21.4.